The Kier molecular flexibility index (Phi) is 3.11. The van der Waals surface area contributed by atoms with Crippen molar-refractivity contribution in [1.29, 1.82) is 0 Å². The average Bonchev–Trinajstić information content (AvgIpc) is 2.16. The lowest BCUT2D eigenvalue weighted by Crippen LogP contribution is -2.02. The fourth-order valence-electron chi connectivity index (χ4n) is 1.15. The topological polar surface area (TPSA) is 39.2 Å². The maximum Gasteiger partial charge on any atom is 0.269 e. The molecule has 1 heterocycles. The van der Waals surface area contributed by atoms with Crippen LogP contribution in [0.5, 0.6) is 5.88 Å². The highest BCUT2D eigenvalue weighted by Crippen LogP contribution is 2.31. The van der Waals surface area contributed by atoms with Crippen LogP contribution >= 0.6 is 0 Å². The number of nitrogens with zero attached hydrogens (tertiary/aromatic N) is 1. The van der Waals surface area contributed by atoms with Crippen LogP contribution in [0.1, 0.15) is 27.9 Å². The summed E-state index contributed by atoms with van der Waals surface area (Å²) in [5, 5.41) is 0. The zero-order valence-electron chi connectivity index (χ0n) is 7.75. The molecule has 3 nitrogen and oxygen atoms in total. The summed E-state index contributed by atoms with van der Waals surface area (Å²) in [6.45, 7) is 1.44. The van der Waals surface area contributed by atoms with Crippen molar-refractivity contribution in [3.63, 3.8) is 0 Å². The minimum Gasteiger partial charge on any atom is -0.481 e. The number of carbonyl (C=O) groups excluding carboxylic acids is 1. The summed E-state index contributed by atoms with van der Waals surface area (Å²) in [7, 11) is 1.26. The van der Waals surface area contributed by atoms with Gasteiger partial charge in [0.1, 0.15) is 0 Å². The van der Waals surface area contributed by atoms with E-state index in [1.54, 1.807) is 0 Å². The number of alkyl halides is 2. The maximum absolute atomic E-state index is 12.6. The van der Waals surface area contributed by atoms with E-state index in [0.29, 0.717) is 6.29 Å². The van der Waals surface area contributed by atoms with Crippen LogP contribution < -0.4 is 4.74 Å². The number of hydrogen-bond acceptors (Lipinski definition) is 3. The summed E-state index contributed by atoms with van der Waals surface area (Å²) in [4.78, 5) is 14.1. The quantitative estimate of drug-likeness (QED) is 0.703. The zero-order valence-corrected chi connectivity index (χ0v) is 7.75. The van der Waals surface area contributed by atoms with E-state index < -0.39 is 6.43 Å². The Hall–Kier alpha value is -1.52. The van der Waals surface area contributed by atoms with Gasteiger partial charge in [0, 0.05) is 11.8 Å². The Morgan fingerprint density at radius 2 is 2.21 bits per heavy atom. The van der Waals surface area contributed by atoms with E-state index in [0.717, 1.165) is 0 Å². The summed E-state index contributed by atoms with van der Waals surface area (Å²) in [5.41, 5.74) is 0.0417. The highest BCUT2D eigenvalue weighted by molar-refractivity contribution is 5.77. The Morgan fingerprint density at radius 1 is 1.57 bits per heavy atom. The van der Waals surface area contributed by atoms with Gasteiger partial charge in [-0.05, 0) is 12.5 Å². The Morgan fingerprint density at radius 3 is 2.64 bits per heavy atom. The summed E-state index contributed by atoms with van der Waals surface area (Å²) in [5.74, 6) is -0.136. The Bertz CT molecular complexity index is 353. The molecule has 0 aromatic carbocycles. The molecule has 5 heteroatoms. The summed E-state index contributed by atoms with van der Waals surface area (Å²) < 4.78 is 29.8. The van der Waals surface area contributed by atoms with Gasteiger partial charge in [0.25, 0.3) is 6.43 Å². The lowest BCUT2D eigenvalue weighted by atomic mass is 10.1. The molecule has 0 bridgehead atoms. The predicted octanol–water partition coefficient (Wildman–Crippen LogP) is 2.15. The molecule has 1 aromatic heterocycles. The highest BCUT2D eigenvalue weighted by Gasteiger charge is 2.20. The molecular formula is C9H9F2NO2. The Balaban J connectivity index is 3.38. The number of hydrogen-bond donors (Lipinski definition) is 0. The summed E-state index contributed by atoms with van der Waals surface area (Å²) in [6.07, 6.45) is -0.988. The molecule has 1 rings (SSSR count). The minimum atomic E-state index is -2.70. The first-order chi connectivity index (χ1) is 6.61. The molecule has 0 N–H and O–H groups in total. The van der Waals surface area contributed by atoms with Gasteiger partial charge in [-0.2, -0.15) is 0 Å². The molecule has 0 unspecified atom stereocenters. The SMILES string of the molecule is COc1ncc(C=O)c(C)c1C(F)F. The smallest absolute Gasteiger partial charge is 0.269 e. The van der Waals surface area contributed by atoms with E-state index >= 15 is 0 Å². The van der Waals surface area contributed by atoms with E-state index in [2.05, 4.69) is 9.72 Å². The van der Waals surface area contributed by atoms with Crippen LogP contribution in [-0.2, 0) is 0 Å². The molecule has 14 heavy (non-hydrogen) atoms. The molecule has 0 saturated carbocycles. The van der Waals surface area contributed by atoms with Gasteiger partial charge in [0.2, 0.25) is 5.88 Å². The van der Waals surface area contributed by atoms with Crippen LogP contribution in [0.2, 0.25) is 0 Å². The van der Waals surface area contributed by atoms with Gasteiger partial charge in [-0.1, -0.05) is 0 Å². The average molecular weight is 201 g/mol. The fourth-order valence-corrected chi connectivity index (χ4v) is 1.15. The molecule has 1 aromatic rings. The molecule has 76 valence electrons. The molecule has 0 amide bonds. The number of pyridine rings is 1. The highest BCUT2D eigenvalue weighted by atomic mass is 19.3. The largest absolute Gasteiger partial charge is 0.481 e. The van der Waals surface area contributed by atoms with Crippen LogP contribution in [0.3, 0.4) is 0 Å². The van der Waals surface area contributed by atoms with Crippen LogP contribution in [-0.4, -0.2) is 18.4 Å². The van der Waals surface area contributed by atoms with Crippen molar-refractivity contribution in [3.8, 4) is 5.88 Å². The molecule has 0 aliphatic heterocycles. The van der Waals surface area contributed by atoms with Crippen LogP contribution in [0.15, 0.2) is 6.20 Å². The van der Waals surface area contributed by atoms with Gasteiger partial charge >= 0.3 is 0 Å². The molecule has 0 radical (unpaired) electrons. The first kappa shape index (κ1) is 10.6. The first-order valence-electron chi connectivity index (χ1n) is 3.88. The van der Waals surface area contributed by atoms with Crippen molar-refractivity contribution in [3.05, 3.63) is 22.9 Å². The fraction of sp³-hybridized carbons (Fsp3) is 0.333. The second-order valence-electron chi connectivity index (χ2n) is 2.68. The number of rotatable bonds is 3. The second kappa shape index (κ2) is 4.13. The standard InChI is InChI=1S/C9H9F2NO2/c1-5-6(4-13)3-12-9(14-2)7(5)8(10)11/h3-4,8H,1-2H3. The van der Waals surface area contributed by atoms with Gasteiger partial charge in [-0.3, -0.25) is 4.79 Å². The number of ether oxygens (including phenoxy) is 1. The molecule has 0 saturated heterocycles. The maximum atomic E-state index is 12.6. The van der Waals surface area contributed by atoms with Gasteiger partial charge in [0.05, 0.1) is 12.7 Å². The zero-order chi connectivity index (χ0) is 10.7. The van der Waals surface area contributed by atoms with Crippen LogP contribution in [0.4, 0.5) is 8.78 Å². The minimum absolute atomic E-state index is 0.136. The van der Waals surface area contributed by atoms with Crippen molar-refractivity contribution in [2.45, 2.75) is 13.3 Å². The molecule has 0 spiro atoms. The summed E-state index contributed by atoms with van der Waals surface area (Å²) in [6, 6.07) is 0. The molecule has 0 aliphatic rings. The van der Waals surface area contributed by atoms with E-state index in [9.17, 15) is 13.6 Å². The third-order valence-corrected chi connectivity index (χ3v) is 1.93. The van der Waals surface area contributed by atoms with Crippen molar-refractivity contribution in [1.82, 2.24) is 4.98 Å². The van der Waals surface area contributed by atoms with Gasteiger partial charge in [-0.25, -0.2) is 13.8 Å². The summed E-state index contributed by atoms with van der Waals surface area (Å²) >= 11 is 0. The van der Waals surface area contributed by atoms with Gasteiger partial charge in [-0.15, -0.1) is 0 Å². The number of halogens is 2. The van der Waals surface area contributed by atoms with Crippen molar-refractivity contribution >= 4 is 6.29 Å². The monoisotopic (exact) mass is 201 g/mol. The van der Waals surface area contributed by atoms with Crippen LogP contribution in [0, 0.1) is 6.92 Å². The van der Waals surface area contributed by atoms with E-state index in [1.807, 2.05) is 0 Å². The number of methoxy groups -OCH3 is 1. The molecule has 0 atom stereocenters. The third-order valence-electron chi connectivity index (χ3n) is 1.93. The molecule has 0 fully saturated rings. The normalized spacial score (nSPS) is 10.4. The molecular weight excluding hydrogens is 192 g/mol. The van der Waals surface area contributed by atoms with E-state index in [4.69, 9.17) is 0 Å². The lowest BCUT2D eigenvalue weighted by molar-refractivity contribution is 0.112. The van der Waals surface area contributed by atoms with Crippen molar-refractivity contribution in [2.24, 2.45) is 0 Å². The number of aldehydes is 1. The third kappa shape index (κ3) is 1.71. The van der Waals surface area contributed by atoms with Crippen molar-refractivity contribution in [2.75, 3.05) is 7.11 Å². The number of aromatic nitrogens is 1. The van der Waals surface area contributed by atoms with Gasteiger partial charge in [0.15, 0.2) is 6.29 Å². The van der Waals surface area contributed by atoms with E-state index in [1.165, 1.54) is 20.2 Å². The second-order valence-corrected chi connectivity index (χ2v) is 2.68. The van der Waals surface area contributed by atoms with Gasteiger partial charge < -0.3 is 4.74 Å². The van der Waals surface area contributed by atoms with E-state index in [-0.39, 0.29) is 22.6 Å². The lowest BCUT2D eigenvalue weighted by Gasteiger charge is -2.10. The Labute approximate surface area is 79.7 Å². The molecule has 0 aliphatic carbocycles. The number of carbonyl (C=O) groups is 1. The van der Waals surface area contributed by atoms with Crippen molar-refractivity contribution < 1.29 is 18.3 Å². The first-order valence-corrected chi connectivity index (χ1v) is 3.88. The predicted molar refractivity (Wildman–Crippen MR) is 45.9 cm³/mol. The van der Waals surface area contributed by atoms with Crippen LogP contribution in [0.25, 0.3) is 0 Å².